The van der Waals surface area contributed by atoms with E-state index in [9.17, 15) is 9.59 Å². The Hall–Kier alpha value is -1.48. The molecule has 0 aliphatic carbocycles. The first-order valence-electron chi connectivity index (χ1n) is 6.74. The second-order valence-electron chi connectivity index (χ2n) is 4.80. The molecule has 3 nitrogen and oxygen atoms in total. The summed E-state index contributed by atoms with van der Waals surface area (Å²) in [6.07, 6.45) is 3.59. The van der Waals surface area contributed by atoms with Crippen molar-refractivity contribution in [3.8, 4) is 0 Å². The van der Waals surface area contributed by atoms with E-state index in [0.29, 0.717) is 12.8 Å². The van der Waals surface area contributed by atoms with E-state index >= 15 is 0 Å². The van der Waals surface area contributed by atoms with Crippen LogP contribution in [0.15, 0.2) is 30.3 Å². The summed E-state index contributed by atoms with van der Waals surface area (Å²) in [6.45, 7) is 1.57. The molecule has 21 heavy (non-hydrogen) atoms. The van der Waals surface area contributed by atoms with Crippen LogP contribution in [-0.2, 0) is 9.53 Å². The monoisotopic (exact) mass is 294 g/mol. The van der Waals surface area contributed by atoms with Crippen molar-refractivity contribution in [2.24, 2.45) is 0 Å². The number of unbranched alkanes of at least 4 members (excludes halogenated alkanes) is 1. The fraction of sp³-hybridized carbons (Fsp3) is 0.556. The molecular weight excluding hydrogens is 264 g/mol. The van der Waals surface area contributed by atoms with Gasteiger partial charge in [0.2, 0.25) is 0 Å². The molecule has 1 atom stereocenters. The molecule has 0 saturated heterocycles. The lowest BCUT2D eigenvalue weighted by Crippen LogP contribution is -2.14. The van der Waals surface area contributed by atoms with Crippen molar-refractivity contribution in [2.75, 3.05) is 7.11 Å². The van der Waals surface area contributed by atoms with Crippen LogP contribution in [0.1, 0.15) is 64.2 Å². The van der Waals surface area contributed by atoms with Gasteiger partial charge in [-0.25, -0.2) is 0 Å². The smallest absolute Gasteiger partial charge is 0.162 e. The van der Waals surface area contributed by atoms with Gasteiger partial charge in [-0.2, -0.15) is 0 Å². The maximum Gasteiger partial charge on any atom is 0.162 e. The number of benzene rings is 1. The minimum atomic E-state index is -0.00988. The van der Waals surface area contributed by atoms with E-state index in [1.165, 1.54) is 0 Å². The number of ether oxygens (including phenoxy) is 1. The molecule has 0 N–H and O–H groups in total. The Morgan fingerprint density at radius 1 is 1.10 bits per heavy atom. The summed E-state index contributed by atoms with van der Waals surface area (Å²) < 4.78 is 5.25. The summed E-state index contributed by atoms with van der Waals surface area (Å²) in [5, 5.41) is 0. The van der Waals surface area contributed by atoms with Crippen molar-refractivity contribution in [2.45, 2.75) is 60.0 Å². The second-order valence-corrected chi connectivity index (χ2v) is 4.80. The molecule has 0 heterocycles. The van der Waals surface area contributed by atoms with Gasteiger partial charge in [-0.1, -0.05) is 51.6 Å². The molecule has 1 unspecified atom stereocenters. The van der Waals surface area contributed by atoms with Gasteiger partial charge in [0.05, 0.1) is 6.10 Å². The molecule has 0 aromatic heterocycles. The van der Waals surface area contributed by atoms with Gasteiger partial charge in [0.25, 0.3) is 0 Å². The number of methoxy groups -OCH3 is 1. The SMILES string of the molecule is C.C.COC(CCCCC(=O)c1ccccc1)CC(C)=O. The van der Waals surface area contributed by atoms with E-state index in [0.717, 1.165) is 24.8 Å². The van der Waals surface area contributed by atoms with Gasteiger partial charge in [0.1, 0.15) is 5.78 Å². The number of carbonyl (C=O) groups is 2. The molecule has 1 aromatic carbocycles. The number of hydrogen-bond acceptors (Lipinski definition) is 3. The first kappa shape index (κ1) is 21.8. The van der Waals surface area contributed by atoms with Gasteiger partial charge in [0.15, 0.2) is 5.78 Å². The fourth-order valence-electron chi connectivity index (χ4n) is 2.05. The highest BCUT2D eigenvalue weighted by atomic mass is 16.5. The van der Waals surface area contributed by atoms with Gasteiger partial charge < -0.3 is 4.74 Å². The molecule has 0 fully saturated rings. The van der Waals surface area contributed by atoms with E-state index in [1.54, 1.807) is 14.0 Å². The fourth-order valence-corrected chi connectivity index (χ4v) is 2.05. The standard InChI is InChI=1S/C16H22O3.2CH4/c1-13(17)12-15(19-2)10-6-7-11-16(18)14-8-4-3-5-9-14;;/h3-5,8-9,15H,6-7,10-12H2,1-2H3;2*1H4. The predicted octanol–water partition coefficient (Wildman–Crippen LogP) is 4.70. The van der Waals surface area contributed by atoms with Crippen LogP contribution in [0.25, 0.3) is 0 Å². The van der Waals surface area contributed by atoms with Crippen LogP contribution in [-0.4, -0.2) is 24.8 Å². The van der Waals surface area contributed by atoms with Crippen molar-refractivity contribution >= 4 is 11.6 Å². The van der Waals surface area contributed by atoms with Crippen molar-refractivity contribution in [1.82, 2.24) is 0 Å². The minimum Gasteiger partial charge on any atom is -0.381 e. The number of ketones is 2. The van der Waals surface area contributed by atoms with Gasteiger partial charge >= 0.3 is 0 Å². The van der Waals surface area contributed by atoms with Gasteiger partial charge in [0, 0.05) is 25.5 Å². The van der Waals surface area contributed by atoms with Crippen LogP contribution >= 0.6 is 0 Å². The molecule has 120 valence electrons. The van der Waals surface area contributed by atoms with E-state index < -0.39 is 0 Å². The molecule has 0 amide bonds. The topological polar surface area (TPSA) is 43.4 Å². The van der Waals surface area contributed by atoms with E-state index in [4.69, 9.17) is 4.74 Å². The van der Waals surface area contributed by atoms with E-state index in [-0.39, 0.29) is 32.5 Å². The van der Waals surface area contributed by atoms with Gasteiger partial charge in [-0.05, 0) is 19.8 Å². The lowest BCUT2D eigenvalue weighted by molar-refractivity contribution is -0.119. The normalized spacial score (nSPS) is 11.0. The van der Waals surface area contributed by atoms with Crippen LogP contribution < -0.4 is 0 Å². The zero-order valence-electron chi connectivity index (χ0n) is 11.7. The zero-order valence-corrected chi connectivity index (χ0v) is 11.7. The Bertz CT molecular complexity index is 398. The summed E-state index contributed by atoms with van der Waals surface area (Å²) in [6, 6.07) is 9.34. The quantitative estimate of drug-likeness (QED) is 0.490. The third kappa shape index (κ3) is 9.14. The summed E-state index contributed by atoms with van der Waals surface area (Å²) in [4.78, 5) is 22.9. The van der Waals surface area contributed by atoms with Crippen LogP contribution in [0, 0.1) is 0 Å². The molecule has 3 heteroatoms. The zero-order chi connectivity index (χ0) is 14.1. The van der Waals surface area contributed by atoms with Crippen LogP contribution in [0.3, 0.4) is 0 Å². The molecule has 1 rings (SSSR count). The second kappa shape index (κ2) is 12.3. The van der Waals surface area contributed by atoms with Crippen LogP contribution in [0.4, 0.5) is 0 Å². The van der Waals surface area contributed by atoms with E-state index in [2.05, 4.69) is 0 Å². The average Bonchev–Trinajstić information content (AvgIpc) is 2.42. The highest BCUT2D eigenvalue weighted by Gasteiger charge is 2.10. The first-order chi connectivity index (χ1) is 9.13. The first-order valence-corrected chi connectivity index (χ1v) is 6.74. The number of hydrogen-bond donors (Lipinski definition) is 0. The summed E-state index contributed by atoms with van der Waals surface area (Å²) in [5.41, 5.74) is 0.773. The molecule has 0 radical (unpaired) electrons. The van der Waals surface area contributed by atoms with Gasteiger partial charge in [-0.3, -0.25) is 9.59 Å². The molecule has 0 bridgehead atoms. The van der Waals surface area contributed by atoms with Crippen molar-refractivity contribution in [3.63, 3.8) is 0 Å². The third-order valence-electron chi connectivity index (χ3n) is 3.12. The maximum absolute atomic E-state index is 11.9. The Morgan fingerprint density at radius 2 is 1.71 bits per heavy atom. The van der Waals surface area contributed by atoms with E-state index in [1.807, 2.05) is 30.3 Å². The maximum atomic E-state index is 11.9. The largest absolute Gasteiger partial charge is 0.381 e. The van der Waals surface area contributed by atoms with Crippen molar-refractivity contribution in [1.29, 1.82) is 0 Å². The van der Waals surface area contributed by atoms with Crippen LogP contribution in [0.2, 0.25) is 0 Å². The number of rotatable bonds is 9. The molecule has 0 aliphatic heterocycles. The van der Waals surface area contributed by atoms with Gasteiger partial charge in [-0.15, -0.1) is 0 Å². The molecule has 0 aliphatic rings. The Morgan fingerprint density at radius 3 is 2.24 bits per heavy atom. The predicted molar refractivity (Wildman–Crippen MR) is 88.8 cm³/mol. The summed E-state index contributed by atoms with van der Waals surface area (Å²) >= 11 is 0. The highest BCUT2D eigenvalue weighted by molar-refractivity contribution is 5.95. The Kier molecular flexibility index (Phi) is 12.7. The Labute approximate surface area is 129 Å². The number of Topliss-reactive ketones (excluding diaryl/α,β-unsaturated/α-hetero) is 2. The van der Waals surface area contributed by atoms with Crippen molar-refractivity contribution < 1.29 is 14.3 Å². The highest BCUT2D eigenvalue weighted by Crippen LogP contribution is 2.12. The molecule has 0 saturated carbocycles. The molecule has 1 aromatic rings. The van der Waals surface area contributed by atoms with Crippen molar-refractivity contribution in [3.05, 3.63) is 35.9 Å². The molecule has 0 spiro atoms. The minimum absolute atomic E-state index is 0. The lowest BCUT2D eigenvalue weighted by atomic mass is 10.0. The number of carbonyl (C=O) groups excluding carboxylic acids is 2. The third-order valence-corrected chi connectivity index (χ3v) is 3.12. The molecular formula is C18H30O3. The van der Waals surface area contributed by atoms with Crippen LogP contribution in [0.5, 0.6) is 0 Å². The average molecular weight is 294 g/mol. The summed E-state index contributed by atoms with van der Waals surface area (Å²) in [5.74, 6) is 0.327. The Balaban J connectivity index is 0. The summed E-state index contributed by atoms with van der Waals surface area (Å²) in [7, 11) is 1.63. The lowest BCUT2D eigenvalue weighted by Gasteiger charge is -2.13.